The summed E-state index contributed by atoms with van der Waals surface area (Å²) in [6, 6.07) is 8.43. The Bertz CT molecular complexity index is 380. The summed E-state index contributed by atoms with van der Waals surface area (Å²) in [7, 11) is 0. The molecule has 1 fully saturated rings. The van der Waals surface area contributed by atoms with E-state index >= 15 is 0 Å². The maximum absolute atomic E-state index is 11.7. The summed E-state index contributed by atoms with van der Waals surface area (Å²) in [6.45, 7) is 3.15. The van der Waals surface area contributed by atoms with E-state index in [4.69, 9.17) is 5.11 Å². The number of benzene rings is 1. The number of likely N-dealkylation sites (tertiary alicyclic amines) is 1. The second-order valence-electron chi connectivity index (χ2n) is 4.62. The molecule has 0 aromatic heterocycles. The summed E-state index contributed by atoms with van der Waals surface area (Å²) < 4.78 is 0. The number of hydrogen-bond acceptors (Lipinski definition) is 2. The number of β-amino-alcohol motifs (C(OH)–C–C–N with tert-alkyl or cyclic N) is 1. The van der Waals surface area contributed by atoms with Crippen LogP contribution in [-0.2, 0) is 17.6 Å². The van der Waals surface area contributed by atoms with Crippen molar-refractivity contribution >= 4 is 5.91 Å². The maximum atomic E-state index is 11.7. The Morgan fingerprint density at radius 3 is 2.41 bits per heavy atom. The summed E-state index contributed by atoms with van der Waals surface area (Å²) in [5.41, 5.74) is 2.53. The molecule has 1 saturated heterocycles. The Morgan fingerprint density at radius 1 is 1.29 bits per heavy atom. The van der Waals surface area contributed by atoms with Crippen molar-refractivity contribution in [2.75, 3.05) is 13.1 Å². The van der Waals surface area contributed by atoms with E-state index in [1.165, 1.54) is 11.1 Å². The molecule has 0 atom stereocenters. The molecule has 1 aliphatic heterocycles. The number of aryl methyl sites for hydroxylation is 2. The molecule has 0 aliphatic carbocycles. The molecule has 1 aromatic carbocycles. The predicted molar refractivity (Wildman–Crippen MR) is 66.7 cm³/mol. The van der Waals surface area contributed by atoms with Crippen molar-refractivity contribution in [2.45, 2.75) is 32.3 Å². The fourth-order valence-corrected chi connectivity index (χ4v) is 2.01. The van der Waals surface area contributed by atoms with E-state index in [0.717, 1.165) is 12.8 Å². The molecule has 0 radical (unpaired) electrons. The topological polar surface area (TPSA) is 40.5 Å². The van der Waals surface area contributed by atoms with Gasteiger partial charge in [-0.3, -0.25) is 4.79 Å². The van der Waals surface area contributed by atoms with Crippen molar-refractivity contribution in [1.82, 2.24) is 4.90 Å². The monoisotopic (exact) mass is 233 g/mol. The summed E-state index contributed by atoms with van der Waals surface area (Å²) in [5, 5.41) is 9.12. The molecule has 1 N–H and O–H groups in total. The Hall–Kier alpha value is -1.35. The largest absolute Gasteiger partial charge is 0.389 e. The van der Waals surface area contributed by atoms with Crippen LogP contribution in [0.5, 0.6) is 0 Å². The van der Waals surface area contributed by atoms with Crippen LogP contribution in [0.25, 0.3) is 0 Å². The number of aliphatic hydroxyl groups excluding tert-OH is 1. The highest BCUT2D eigenvalue weighted by atomic mass is 16.3. The highest BCUT2D eigenvalue weighted by molar-refractivity contribution is 5.77. The average Bonchev–Trinajstić information content (AvgIpc) is 2.32. The number of rotatable bonds is 4. The van der Waals surface area contributed by atoms with Crippen molar-refractivity contribution in [2.24, 2.45) is 0 Å². The van der Waals surface area contributed by atoms with Crippen molar-refractivity contribution < 1.29 is 9.90 Å². The Balaban J connectivity index is 1.79. The lowest BCUT2D eigenvalue weighted by molar-refractivity contribution is -0.141. The minimum atomic E-state index is -0.303. The van der Waals surface area contributed by atoms with Gasteiger partial charge in [0.25, 0.3) is 0 Å². The van der Waals surface area contributed by atoms with E-state index in [1.54, 1.807) is 4.90 Å². The van der Waals surface area contributed by atoms with Crippen LogP contribution in [0.1, 0.15) is 24.5 Å². The van der Waals surface area contributed by atoms with Gasteiger partial charge < -0.3 is 10.0 Å². The molecule has 1 heterocycles. The molecule has 17 heavy (non-hydrogen) atoms. The molecule has 1 amide bonds. The molecule has 3 nitrogen and oxygen atoms in total. The maximum Gasteiger partial charge on any atom is 0.223 e. The van der Waals surface area contributed by atoms with Crippen molar-refractivity contribution in [1.29, 1.82) is 0 Å². The van der Waals surface area contributed by atoms with Gasteiger partial charge in [0.05, 0.1) is 6.10 Å². The van der Waals surface area contributed by atoms with Crippen LogP contribution >= 0.6 is 0 Å². The van der Waals surface area contributed by atoms with Crippen LogP contribution in [0.3, 0.4) is 0 Å². The number of nitrogens with zero attached hydrogens (tertiary/aromatic N) is 1. The van der Waals surface area contributed by atoms with Crippen molar-refractivity contribution in [3.05, 3.63) is 35.4 Å². The van der Waals surface area contributed by atoms with E-state index in [-0.39, 0.29) is 12.0 Å². The van der Waals surface area contributed by atoms with Gasteiger partial charge in [0.2, 0.25) is 5.91 Å². The third-order valence-corrected chi connectivity index (χ3v) is 3.27. The van der Waals surface area contributed by atoms with Crippen LogP contribution in [0.2, 0.25) is 0 Å². The lowest BCUT2D eigenvalue weighted by Gasteiger charge is -2.35. The Kier molecular flexibility index (Phi) is 3.79. The standard InChI is InChI=1S/C14H19NO2/c1-2-11-3-5-12(6-4-11)7-8-14(17)15-9-13(16)10-15/h3-6,13,16H,2,7-10H2,1H3. The highest BCUT2D eigenvalue weighted by Crippen LogP contribution is 2.12. The minimum absolute atomic E-state index is 0.148. The molecule has 92 valence electrons. The first-order chi connectivity index (χ1) is 8.19. The van der Waals surface area contributed by atoms with E-state index < -0.39 is 0 Å². The third kappa shape index (κ3) is 3.07. The van der Waals surface area contributed by atoms with Gasteiger partial charge in [-0.1, -0.05) is 31.2 Å². The summed E-state index contributed by atoms with van der Waals surface area (Å²) in [4.78, 5) is 13.4. The number of amides is 1. The molecule has 1 aromatic rings. The van der Waals surface area contributed by atoms with E-state index in [1.807, 2.05) is 0 Å². The SMILES string of the molecule is CCc1ccc(CCC(=O)N2CC(O)C2)cc1. The Labute approximate surface area is 102 Å². The minimum Gasteiger partial charge on any atom is -0.389 e. The quantitative estimate of drug-likeness (QED) is 0.853. The fourth-order valence-electron chi connectivity index (χ4n) is 2.01. The molecule has 2 rings (SSSR count). The van der Waals surface area contributed by atoms with Crippen LogP contribution in [0, 0.1) is 0 Å². The molecule has 0 unspecified atom stereocenters. The van der Waals surface area contributed by atoms with Gasteiger partial charge in [0, 0.05) is 19.5 Å². The van der Waals surface area contributed by atoms with Crippen molar-refractivity contribution in [3.63, 3.8) is 0 Å². The summed E-state index contributed by atoms with van der Waals surface area (Å²) >= 11 is 0. The first kappa shape index (κ1) is 12.1. The van der Waals surface area contributed by atoms with Gasteiger partial charge in [-0.2, -0.15) is 0 Å². The average molecular weight is 233 g/mol. The molecule has 0 bridgehead atoms. The summed E-state index contributed by atoms with van der Waals surface area (Å²) in [5.74, 6) is 0.148. The number of carbonyl (C=O) groups excluding carboxylic acids is 1. The lowest BCUT2D eigenvalue weighted by atomic mass is 10.0. The number of carbonyl (C=O) groups is 1. The third-order valence-electron chi connectivity index (χ3n) is 3.27. The van der Waals surface area contributed by atoms with Gasteiger partial charge in [0.1, 0.15) is 0 Å². The second kappa shape index (κ2) is 5.32. The van der Waals surface area contributed by atoms with Crippen LogP contribution in [0.15, 0.2) is 24.3 Å². The van der Waals surface area contributed by atoms with Gasteiger partial charge in [-0.05, 0) is 24.0 Å². The molecular formula is C14H19NO2. The van der Waals surface area contributed by atoms with Crippen molar-refractivity contribution in [3.8, 4) is 0 Å². The lowest BCUT2D eigenvalue weighted by Crippen LogP contribution is -2.53. The first-order valence-electron chi connectivity index (χ1n) is 6.22. The van der Waals surface area contributed by atoms with E-state index in [0.29, 0.717) is 19.5 Å². The second-order valence-corrected chi connectivity index (χ2v) is 4.62. The summed E-state index contributed by atoms with van der Waals surface area (Å²) in [6.07, 6.45) is 2.07. The predicted octanol–water partition coefficient (Wildman–Crippen LogP) is 1.38. The number of hydrogen-bond donors (Lipinski definition) is 1. The van der Waals surface area contributed by atoms with Gasteiger partial charge in [0.15, 0.2) is 0 Å². The van der Waals surface area contributed by atoms with Crippen LogP contribution in [-0.4, -0.2) is 35.1 Å². The van der Waals surface area contributed by atoms with Gasteiger partial charge in [-0.25, -0.2) is 0 Å². The molecule has 0 spiro atoms. The highest BCUT2D eigenvalue weighted by Gasteiger charge is 2.27. The molecule has 1 aliphatic rings. The van der Waals surface area contributed by atoms with Gasteiger partial charge >= 0.3 is 0 Å². The normalized spacial score (nSPS) is 15.8. The zero-order valence-corrected chi connectivity index (χ0v) is 10.2. The van der Waals surface area contributed by atoms with E-state index in [9.17, 15) is 4.79 Å². The Morgan fingerprint density at radius 2 is 1.88 bits per heavy atom. The molecule has 3 heteroatoms. The zero-order chi connectivity index (χ0) is 12.3. The smallest absolute Gasteiger partial charge is 0.223 e. The van der Waals surface area contributed by atoms with Gasteiger partial charge in [-0.15, -0.1) is 0 Å². The van der Waals surface area contributed by atoms with Crippen LogP contribution < -0.4 is 0 Å². The zero-order valence-electron chi connectivity index (χ0n) is 10.2. The molecular weight excluding hydrogens is 214 g/mol. The van der Waals surface area contributed by atoms with Crippen LogP contribution in [0.4, 0.5) is 0 Å². The first-order valence-corrected chi connectivity index (χ1v) is 6.22. The van der Waals surface area contributed by atoms with E-state index in [2.05, 4.69) is 31.2 Å². The number of aliphatic hydroxyl groups is 1. The fraction of sp³-hybridized carbons (Fsp3) is 0.500. The molecule has 0 saturated carbocycles.